The normalized spacial score (nSPS) is 14.5. The molecule has 0 atom stereocenters. The first-order chi connectivity index (χ1) is 11.3. The van der Waals surface area contributed by atoms with Crippen LogP contribution in [-0.2, 0) is 14.4 Å². The van der Waals surface area contributed by atoms with Crippen LogP contribution in [0.25, 0.3) is 0 Å². The molecule has 0 aliphatic carbocycles. The number of hydrogen-bond acceptors (Lipinski definition) is 3. The fourth-order valence-corrected chi connectivity index (χ4v) is 2.57. The first kappa shape index (κ1) is 17.8. The molecule has 1 heterocycles. The van der Waals surface area contributed by atoms with Gasteiger partial charge in [-0.15, -0.1) is 0 Å². The summed E-state index contributed by atoms with van der Waals surface area (Å²) in [5.41, 5.74) is -0.139. The van der Waals surface area contributed by atoms with Gasteiger partial charge in [0.05, 0.1) is 5.69 Å². The molecule has 1 saturated heterocycles. The fourth-order valence-electron chi connectivity index (χ4n) is 2.57. The molecule has 3 amide bonds. The van der Waals surface area contributed by atoms with Gasteiger partial charge < -0.3 is 14.7 Å². The molecule has 8 heteroatoms. The molecule has 24 heavy (non-hydrogen) atoms. The zero-order valence-electron chi connectivity index (χ0n) is 13.6. The van der Waals surface area contributed by atoms with Gasteiger partial charge in [0.2, 0.25) is 17.7 Å². The number of halogens is 2. The summed E-state index contributed by atoms with van der Waals surface area (Å²) in [6.07, 6.45) is 0. The summed E-state index contributed by atoms with van der Waals surface area (Å²) >= 11 is 0. The summed E-state index contributed by atoms with van der Waals surface area (Å²) in [4.78, 5) is 39.6. The Balaban J connectivity index is 2.07. The van der Waals surface area contributed by atoms with Crippen molar-refractivity contribution in [2.24, 2.45) is 0 Å². The van der Waals surface area contributed by atoms with Crippen molar-refractivity contribution in [2.45, 2.75) is 13.8 Å². The van der Waals surface area contributed by atoms with E-state index in [0.29, 0.717) is 32.2 Å². The van der Waals surface area contributed by atoms with E-state index in [4.69, 9.17) is 0 Å². The van der Waals surface area contributed by atoms with Gasteiger partial charge in [0.15, 0.2) is 0 Å². The van der Waals surface area contributed by atoms with Crippen LogP contribution in [0.15, 0.2) is 18.2 Å². The summed E-state index contributed by atoms with van der Waals surface area (Å²) in [6, 6.07) is 2.83. The third-order valence-electron chi connectivity index (χ3n) is 3.95. The van der Waals surface area contributed by atoms with Crippen LogP contribution in [0.2, 0.25) is 0 Å². The van der Waals surface area contributed by atoms with E-state index >= 15 is 0 Å². The molecule has 1 aromatic rings. The molecule has 0 unspecified atom stereocenters. The van der Waals surface area contributed by atoms with Crippen molar-refractivity contribution >= 4 is 23.4 Å². The SMILES string of the molecule is CC(=O)N1CCN(C(=O)CN(C(C)=O)c2ccc(F)cc2F)CC1. The molecular weight excluding hydrogens is 320 g/mol. The summed E-state index contributed by atoms with van der Waals surface area (Å²) in [7, 11) is 0. The Morgan fingerprint density at radius 2 is 1.62 bits per heavy atom. The number of carbonyl (C=O) groups excluding carboxylic acids is 3. The van der Waals surface area contributed by atoms with Gasteiger partial charge in [-0.1, -0.05) is 0 Å². The van der Waals surface area contributed by atoms with Crippen LogP contribution in [0, 0.1) is 11.6 Å². The summed E-state index contributed by atoms with van der Waals surface area (Å²) in [6.45, 7) is 3.90. The van der Waals surface area contributed by atoms with Crippen LogP contribution in [-0.4, -0.2) is 60.2 Å². The number of carbonyl (C=O) groups is 3. The number of anilines is 1. The van der Waals surface area contributed by atoms with Crippen LogP contribution >= 0.6 is 0 Å². The highest BCUT2D eigenvalue weighted by Crippen LogP contribution is 2.20. The molecule has 0 N–H and O–H groups in total. The molecule has 2 rings (SSSR count). The number of piperazine rings is 1. The third-order valence-corrected chi connectivity index (χ3v) is 3.95. The zero-order valence-corrected chi connectivity index (χ0v) is 13.6. The first-order valence-electron chi connectivity index (χ1n) is 7.56. The standard InChI is InChI=1S/C16H19F2N3O3/c1-11(22)19-5-7-20(8-6-19)16(24)10-21(12(2)23)15-4-3-13(17)9-14(15)18/h3-4,9H,5-8,10H2,1-2H3. The van der Waals surface area contributed by atoms with E-state index in [-0.39, 0.29) is 24.0 Å². The lowest BCUT2D eigenvalue weighted by Gasteiger charge is -2.35. The van der Waals surface area contributed by atoms with Gasteiger partial charge in [-0.05, 0) is 12.1 Å². The number of amides is 3. The molecule has 0 saturated carbocycles. The lowest BCUT2D eigenvalue weighted by Crippen LogP contribution is -2.52. The van der Waals surface area contributed by atoms with Crippen LogP contribution in [0.4, 0.5) is 14.5 Å². The van der Waals surface area contributed by atoms with Crippen LogP contribution in [0.3, 0.4) is 0 Å². The fraction of sp³-hybridized carbons (Fsp3) is 0.438. The molecule has 0 spiro atoms. The molecule has 1 aliphatic rings. The van der Waals surface area contributed by atoms with Crippen molar-refractivity contribution in [3.63, 3.8) is 0 Å². The Morgan fingerprint density at radius 3 is 2.12 bits per heavy atom. The van der Waals surface area contributed by atoms with Gasteiger partial charge in [0.1, 0.15) is 18.2 Å². The van der Waals surface area contributed by atoms with Gasteiger partial charge in [-0.3, -0.25) is 14.4 Å². The maximum Gasteiger partial charge on any atom is 0.242 e. The number of benzene rings is 1. The van der Waals surface area contributed by atoms with Crippen molar-refractivity contribution in [2.75, 3.05) is 37.6 Å². The Bertz CT molecular complexity index is 658. The predicted molar refractivity (Wildman–Crippen MR) is 83.2 cm³/mol. The maximum absolute atomic E-state index is 13.9. The molecule has 130 valence electrons. The second kappa shape index (κ2) is 7.37. The lowest BCUT2D eigenvalue weighted by molar-refractivity contribution is -0.137. The quantitative estimate of drug-likeness (QED) is 0.826. The minimum atomic E-state index is -0.903. The van der Waals surface area contributed by atoms with E-state index in [0.717, 1.165) is 17.0 Å². The number of hydrogen-bond donors (Lipinski definition) is 0. The minimum absolute atomic E-state index is 0.0548. The monoisotopic (exact) mass is 339 g/mol. The lowest BCUT2D eigenvalue weighted by atomic mass is 10.2. The molecule has 0 bridgehead atoms. The van der Waals surface area contributed by atoms with Crippen molar-refractivity contribution in [1.29, 1.82) is 0 Å². The van der Waals surface area contributed by atoms with Crippen LogP contribution in [0.1, 0.15) is 13.8 Å². The highest BCUT2D eigenvalue weighted by Gasteiger charge is 2.26. The van der Waals surface area contributed by atoms with E-state index < -0.39 is 17.5 Å². The van der Waals surface area contributed by atoms with Gasteiger partial charge >= 0.3 is 0 Å². The average Bonchev–Trinajstić information content (AvgIpc) is 2.53. The Labute approximate surface area is 138 Å². The smallest absolute Gasteiger partial charge is 0.242 e. The average molecular weight is 339 g/mol. The highest BCUT2D eigenvalue weighted by atomic mass is 19.1. The van der Waals surface area contributed by atoms with Gasteiger partial charge in [-0.2, -0.15) is 0 Å². The molecule has 0 radical (unpaired) electrons. The van der Waals surface area contributed by atoms with E-state index in [1.165, 1.54) is 18.7 Å². The highest BCUT2D eigenvalue weighted by molar-refractivity contribution is 5.97. The molecule has 6 nitrogen and oxygen atoms in total. The van der Waals surface area contributed by atoms with Gasteiger partial charge in [-0.25, -0.2) is 8.78 Å². The third kappa shape index (κ3) is 4.06. The van der Waals surface area contributed by atoms with Crippen LogP contribution in [0.5, 0.6) is 0 Å². The van der Waals surface area contributed by atoms with Gasteiger partial charge in [0.25, 0.3) is 0 Å². The summed E-state index contributed by atoms with van der Waals surface area (Å²) in [5.74, 6) is -2.58. The van der Waals surface area contributed by atoms with E-state index in [9.17, 15) is 23.2 Å². The topological polar surface area (TPSA) is 60.9 Å². The van der Waals surface area contributed by atoms with Crippen molar-refractivity contribution < 1.29 is 23.2 Å². The van der Waals surface area contributed by atoms with Crippen molar-refractivity contribution in [1.82, 2.24) is 9.80 Å². The second-order valence-corrected chi connectivity index (χ2v) is 5.59. The largest absolute Gasteiger partial charge is 0.339 e. The Hall–Kier alpha value is -2.51. The maximum atomic E-state index is 13.9. The zero-order chi connectivity index (χ0) is 17.9. The minimum Gasteiger partial charge on any atom is -0.339 e. The van der Waals surface area contributed by atoms with Gasteiger partial charge in [0, 0.05) is 46.1 Å². The Morgan fingerprint density at radius 1 is 1.04 bits per heavy atom. The second-order valence-electron chi connectivity index (χ2n) is 5.59. The van der Waals surface area contributed by atoms with E-state index in [1.54, 1.807) is 4.90 Å². The van der Waals surface area contributed by atoms with E-state index in [2.05, 4.69) is 0 Å². The molecule has 1 aliphatic heterocycles. The molecule has 0 aromatic heterocycles. The predicted octanol–water partition coefficient (Wildman–Crippen LogP) is 1.01. The van der Waals surface area contributed by atoms with Crippen LogP contribution < -0.4 is 4.90 Å². The number of nitrogens with zero attached hydrogens (tertiary/aromatic N) is 3. The Kier molecular flexibility index (Phi) is 5.48. The first-order valence-corrected chi connectivity index (χ1v) is 7.56. The summed E-state index contributed by atoms with van der Waals surface area (Å²) in [5, 5.41) is 0. The number of rotatable bonds is 3. The van der Waals surface area contributed by atoms with E-state index in [1.807, 2.05) is 0 Å². The van der Waals surface area contributed by atoms with Crippen molar-refractivity contribution in [3.8, 4) is 0 Å². The molecule has 1 fully saturated rings. The summed E-state index contributed by atoms with van der Waals surface area (Å²) < 4.78 is 26.9. The molecular formula is C16H19F2N3O3. The molecule has 1 aromatic carbocycles. The van der Waals surface area contributed by atoms with Crippen molar-refractivity contribution in [3.05, 3.63) is 29.8 Å².